The SMILES string of the molecule is COc1cc(OC)c(F)c(N(CCNC(C)C)c2ccc3nnc(-c4cnn(C)c4)cc3c2)c1F. The van der Waals surface area contributed by atoms with E-state index in [9.17, 15) is 0 Å². The van der Waals surface area contributed by atoms with Crippen molar-refractivity contribution in [2.45, 2.75) is 19.9 Å². The van der Waals surface area contributed by atoms with Crippen LogP contribution in [0.5, 0.6) is 11.5 Å². The van der Waals surface area contributed by atoms with Gasteiger partial charge in [-0.25, -0.2) is 8.78 Å². The van der Waals surface area contributed by atoms with E-state index in [0.29, 0.717) is 30.0 Å². The predicted octanol–water partition coefficient (Wildman–Crippen LogP) is 4.46. The van der Waals surface area contributed by atoms with Gasteiger partial charge in [0, 0.05) is 55.1 Å². The molecule has 0 spiro atoms. The van der Waals surface area contributed by atoms with E-state index in [1.54, 1.807) is 27.9 Å². The number of methoxy groups -OCH3 is 2. The zero-order valence-electron chi connectivity index (χ0n) is 20.3. The van der Waals surface area contributed by atoms with Crippen molar-refractivity contribution in [2.75, 3.05) is 32.2 Å². The molecule has 0 bridgehead atoms. The number of hydrogen-bond donors (Lipinski definition) is 1. The van der Waals surface area contributed by atoms with Crippen LogP contribution in [-0.2, 0) is 7.05 Å². The maximum Gasteiger partial charge on any atom is 0.191 e. The Morgan fingerprint density at radius 1 is 1.03 bits per heavy atom. The van der Waals surface area contributed by atoms with Gasteiger partial charge in [0.15, 0.2) is 23.1 Å². The zero-order chi connectivity index (χ0) is 25.1. The normalized spacial score (nSPS) is 11.3. The van der Waals surface area contributed by atoms with Crippen molar-refractivity contribution in [3.8, 4) is 22.8 Å². The first kappa shape index (κ1) is 24.3. The zero-order valence-corrected chi connectivity index (χ0v) is 20.3. The second-order valence-electron chi connectivity index (χ2n) is 8.39. The largest absolute Gasteiger partial charge is 0.493 e. The molecule has 2 aromatic heterocycles. The van der Waals surface area contributed by atoms with Crippen molar-refractivity contribution in [3.05, 3.63) is 54.4 Å². The van der Waals surface area contributed by atoms with Gasteiger partial charge in [-0.3, -0.25) is 4.68 Å². The quantitative estimate of drug-likeness (QED) is 0.377. The molecule has 10 heteroatoms. The molecule has 0 radical (unpaired) electrons. The number of aromatic nitrogens is 4. The molecule has 0 atom stereocenters. The van der Waals surface area contributed by atoms with Crippen molar-refractivity contribution in [3.63, 3.8) is 0 Å². The molecule has 4 rings (SSSR count). The summed E-state index contributed by atoms with van der Waals surface area (Å²) < 4.78 is 42.9. The standard InChI is InChI=1S/C25H28F2N6O2/c1-15(2)28-8-9-33(25-23(26)21(34-4)12-22(35-5)24(25)27)18-6-7-19-16(10-18)11-20(31-30-19)17-13-29-32(3)14-17/h6-7,10-15,28H,8-9H2,1-5H3. The lowest BCUT2D eigenvalue weighted by Gasteiger charge is -2.28. The molecule has 2 heterocycles. The minimum Gasteiger partial charge on any atom is -0.493 e. The molecular weight excluding hydrogens is 454 g/mol. The molecule has 0 saturated heterocycles. The highest BCUT2D eigenvalue weighted by molar-refractivity contribution is 5.86. The molecule has 0 aliphatic heterocycles. The molecule has 0 fully saturated rings. The molecule has 35 heavy (non-hydrogen) atoms. The van der Waals surface area contributed by atoms with Crippen molar-refractivity contribution < 1.29 is 18.3 Å². The Morgan fingerprint density at radius 3 is 2.34 bits per heavy atom. The first-order chi connectivity index (χ1) is 16.8. The molecule has 2 aromatic carbocycles. The number of halogens is 2. The lowest BCUT2D eigenvalue weighted by molar-refractivity contribution is 0.359. The van der Waals surface area contributed by atoms with Gasteiger partial charge in [0.2, 0.25) is 0 Å². The lowest BCUT2D eigenvalue weighted by atomic mass is 10.1. The van der Waals surface area contributed by atoms with Gasteiger partial charge in [-0.1, -0.05) is 13.8 Å². The smallest absolute Gasteiger partial charge is 0.191 e. The number of rotatable bonds is 9. The van der Waals surface area contributed by atoms with Crippen LogP contribution in [0.25, 0.3) is 22.2 Å². The summed E-state index contributed by atoms with van der Waals surface area (Å²) in [7, 11) is 4.49. The second kappa shape index (κ2) is 10.2. The fraction of sp³-hybridized carbons (Fsp3) is 0.320. The van der Waals surface area contributed by atoms with Gasteiger partial charge in [-0.2, -0.15) is 5.10 Å². The van der Waals surface area contributed by atoms with Gasteiger partial charge in [-0.15, -0.1) is 10.2 Å². The van der Waals surface area contributed by atoms with E-state index < -0.39 is 11.6 Å². The topological polar surface area (TPSA) is 77.3 Å². The summed E-state index contributed by atoms with van der Waals surface area (Å²) in [5, 5.41) is 16.9. The third-order valence-electron chi connectivity index (χ3n) is 5.59. The van der Waals surface area contributed by atoms with E-state index in [0.717, 1.165) is 10.9 Å². The Labute approximate surface area is 202 Å². The third-order valence-corrected chi connectivity index (χ3v) is 5.59. The monoisotopic (exact) mass is 482 g/mol. The van der Waals surface area contributed by atoms with E-state index in [1.165, 1.54) is 20.3 Å². The summed E-state index contributed by atoms with van der Waals surface area (Å²) in [6.45, 7) is 4.80. The van der Waals surface area contributed by atoms with E-state index in [4.69, 9.17) is 9.47 Å². The fourth-order valence-electron chi connectivity index (χ4n) is 3.84. The van der Waals surface area contributed by atoms with Crippen LogP contribution in [0.4, 0.5) is 20.2 Å². The Hall–Kier alpha value is -3.79. The van der Waals surface area contributed by atoms with Crippen LogP contribution in [-0.4, -0.2) is 53.3 Å². The first-order valence-corrected chi connectivity index (χ1v) is 11.2. The van der Waals surface area contributed by atoms with Crippen LogP contribution in [0.3, 0.4) is 0 Å². The molecule has 8 nitrogen and oxygen atoms in total. The molecular formula is C25H28F2N6O2. The van der Waals surface area contributed by atoms with Crippen LogP contribution in [0.15, 0.2) is 42.7 Å². The van der Waals surface area contributed by atoms with E-state index >= 15 is 8.78 Å². The highest BCUT2D eigenvalue weighted by Gasteiger charge is 2.26. The van der Waals surface area contributed by atoms with Gasteiger partial charge < -0.3 is 19.7 Å². The number of nitrogens with one attached hydrogen (secondary N) is 1. The van der Waals surface area contributed by atoms with Gasteiger partial charge in [-0.05, 0) is 24.3 Å². The lowest BCUT2D eigenvalue weighted by Crippen LogP contribution is -2.33. The average Bonchev–Trinajstić information content (AvgIpc) is 3.28. The van der Waals surface area contributed by atoms with Gasteiger partial charge >= 0.3 is 0 Å². The number of ether oxygens (including phenoxy) is 2. The minimum absolute atomic E-state index is 0.106. The van der Waals surface area contributed by atoms with Crippen LogP contribution >= 0.6 is 0 Å². The molecule has 0 aliphatic rings. The van der Waals surface area contributed by atoms with Crippen LogP contribution in [0, 0.1) is 11.6 Å². The molecule has 184 valence electrons. The average molecular weight is 483 g/mol. The van der Waals surface area contributed by atoms with Crippen LogP contribution in [0.1, 0.15) is 13.8 Å². The van der Waals surface area contributed by atoms with Crippen molar-refractivity contribution in [2.24, 2.45) is 7.05 Å². The van der Waals surface area contributed by atoms with E-state index in [1.807, 2.05) is 39.2 Å². The Morgan fingerprint density at radius 2 is 1.74 bits per heavy atom. The highest BCUT2D eigenvalue weighted by Crippen LogP contribution is 2.40. The molecule has 4 aromatic rings. The maximum absolute atomic E-state index is 15.5. The number of anilines is 2. The maximum atomic E-state index is 15.5. The third kappa shape index (κ3) is 5.02. The fourth-order valence-corrected chi connectivity index (χ4v) is 3.84. The van der Waals surface area contributed by atoms with Crippen LogP contribution < -0.4 is 19.7 Å². The number of nitrogens with zero attached hydrogens (tertiary/aromatic N) is 5. The number of benzene rings is 2. The van der Waals surface area contributed by atoms with Gasteiger partial charge in [0.05, 0.1) is 31.6 Å². The molecule has 0 saturated carbocycles. The second-order valence-corrected chi connectivity index (χ2v) is 8.39. The predicted molar refractivity (Wildman–Crippen MR) is 131 cm³/mol. The van der Waals surface area contributed by atoms with Crippen molar-refractivity contribution in [1.82, 2.24) is 25.3 Å². The molecule has 0 amide bonds. The summed E-state index contributed by atoms with van der Waals surface area (Å²) in [6, 6.07) is 8.67. The van der Waals surface area contributed by atoms with Gasteiger partial charge in [0.1, 0.15) is 5.69 Å². The summed E-state index contributed by atoms with van der Waals surface area (Å²) in [4.78, 5) is 1.58. The Kier molecular flexibility index (Phi) is 7.11. The number of aryl methyl sites for hydroxylation is 1. The van der Waals surface area contributed by atoms with E-state index in [2.05, 4.69) is 20.6 Å². The van der Waals surface area contributed by atoms with Crippen molar-refractivity contribution >= 4 is 22.3 Å². The van der Waals surface area contributed by atoms with E-state index in [-0.39, 0.29) is 23.2 Å². The summed E-state index contributed by atoms with van der Waals surface area (Å²) >= 11 is 0. The minimum atomic E-state index is -0.806. The first-order valence-electron chi connectivity index (χ1n) is 11.2. The Balaban J connectivity index is 1.84. The molecule has 1 N–H and O–H groups in total. The molecule has 0 aliphatic carbocycles. The Bertz CT molecular complexity index is 1310. The van der Waals surface area contributed by atoms with Crippen LogP contribution in [0.2, 0.25) is 0 Å². The highest BCUT2D eigenvalue weighted by atomic mass is 19.1. The summed E-state index contributed by atoms with van der Waals surface area (Å²) in [5.74, 6) is -1.82. The van der Waals surface area contributed by atoms with Crippen molar-refractivity contribution in [1.29, 1.82) is 0 Å². The summed E-state index contributed by atoms with van der Waals surface area (Å²) in [6.07, 6.45) is 3.55. The summed E-state index contributed by atoms with van der Waals surface area (Å²) in [5.41, 5.74) is 2.46. The number of fused-ring (bicyclic) bond motifs is 1. The van der Waals surface area contributed by atoms with Gasteiger partial charge in [0.25, 0.3) is 0 Å². The number of hydrogen-bond acceptors (Lipinski definition) is 7. The molecule has 0 unspecified atom stereocenters.